The van der Waals surface area contributed by atoms with Gasteiger partial charge in [0, 0.05) is 13.0 Å². The van der Waals surface area contributed by atoms with Crippen molar-refractivity contribution < 1.29 is 4.79 Å². The summed E-state index contributed by atoms with van der Waals surface area (Å²) >= 11 is 1.44. The summed E-state index contributed by atoms with van der Waals surface area (Å²) in [5.41, 5.74) is 1.01. The van der Waals surface area contributed by atoms with Gasteiger partial charge in [0.05, 0.1) is 17.8 Å². The van der Waals surface area contributed by atoms with Crippen molar-refractivity contribution in [3.8, 4) is 0 Å². The molecule has 136 valence electrons. The molecular weight excluding hydrogens is 346 g/mol. The van der Waals surface area contributed by atoms with Gasteiger partial charge in [-0.05, 0) is 29.3 Å². The first-order valence-electron chi connectivity index (χ1n) is 8.81. The van der Waals surface area contributed by atoms with Crippen LogP contribution >= 0.6 is 11.3 Å². The van der Waals surface area contributed by atoms with E-state index in [1.165, 1.54) is 22.2 Å². The molecule has 2 heterocycles. The number of fused-ring (bicyclic) bond motifs is 1. The number of aryl methyl sites for hydroxylation is 1. The van der Waals surface area contributed by atoms with Crippen LogP contribution in [-0.2, 0) is 11.3 Å². The highest BCUT2D eigenvalue weighted by atomic mass is 32.1. The molecule has 2 aromatic heterocycles. The zero-order valence-electron chi connectivity index (χ0n) is 15.0. The maximum Gasteiger partial charge on any atom is 0.262 e. The van der Waals surface area contributed by atoms with Crippen molar-refractivity contribution in [1.29, 1.82) is 0 Å². The highest BCUT2D eigenvalue weighted by Gasteiger charge is 2.16. The number of benzene rings is 1. The van der Waals surface area contributed by atoms with Gasteiger partial charge in [-0.25, -0.2) is 4.98 Å². The molecule has 1 atom stereocenters. The Morgan fingerprint density at radius 3 is 2.73 bits per heavy atom. The van der Waals surface area contributed by atoms with Crippen LogP contribution in [0.4, 0.5) is 0 Å². The summed E-state index contributed by atoms with van der Waals surface area (Å²) in [4.78, 5) is 29.9. The summed E-state index contributed by atoms with van der Waals surface area (Å²) in [6.45, 7) is 4.61. The van der Waals surface area contributed by atoms with Gasteiger partial charge in [-0.15, -0.1) is 11.3 Å². The largest absolute Gasteiger partial charge is 0.349 e. The number of nitrogens with zero attached hydrogens (tertiary/aromatic N) is 2. The first kappa shape index (κ1) is 18.3. The Bertz CT molecular complexity index is 931. The number of hydrogen-bond donors (Lipinski definition) is 1. The molecule has 0 fully saturated rings. The molecule has 0 spiro atoms. The summed E-state index contributed by atoms with van der Waals surface area (Å²) < 4.78 is 1.51. The van der Waals surface area contributed by atoms with E-state index in [0.717, 1.165) is 16.8 Å². The van der Waals surface area contributed by atoms with E-state index in [-0.39, 0.29) is 23.9 Å². The van der Waals surface area contributed by atoms with Crippen LogP contribution in [0.25, 0.3) is 10.2 Å². The predicted octanol–water partition coefficient (Wildman–Crippen LogP) is 3.75. The van der Waals surface area contributed by atoms with Crippen molar-refractivity contribution in [2.75, 3.05) is 0 Å². The summed E-state index contributed by atoms with van der Waals surface area (Å²) in [5.74, 6) is 0.408. The van der Waals surface area contributed by atoms with Crippen molar-refractivity contribution in [1.82, 2.24) is 14.9 Å². The van der Waals surface area contributed by atoms with Gasteiger partial charge in [-0.1, -0.05) is 44.2 Å². The van der Waals surface area contributed by atoms with Crippen LogP contribution in [-0.4, -0.2) is 15.5 Å². The minimum atomic E-state index is -0.0918. The van der Waals surface area contributed by atoms with E-state index in [9.17, 15) is 9.59 Å². The molecule has 0 saturated carbocycles. The number of carbonyl (C=O) groups excluding carboxylic acids is 1. The maximum atomic E-state index is 12.5. The van der Waals surface area contributed by atoms with Crippen LogP contribution in [0, 0.1) is 5.92 Å². The molecule has 0 radical (unpaired) electrons. The Labute approximate surface area is 156 Å². The molecule has 6 heteroatoms. The lowest BCUT2D eigenvalue weighted by Crippen LogP contribution is -2.31. The smallest absolute Gasteiger partial charge is 0.262 e. The molecule has 3 aromatic rings. The number of hydrogen-bond acceptors (Lipinski definition) is 4. The van der Waals surface area contributed by atoms with Crippen molar-refractivity contribution in [3.63, 3.8) is 0 Å². The number of nitrogens with one attached hydrogen (secondary N) is 1. The average molecular weight is 369 g/mol. The Balaban J connectivity index is 1.66. The lowest BCUT2D eigenvalue weighted by Gasteiger charge is -2.21. The minimum absolute atomic E-state index is 0.0158. The number of carbonyl (C=O) groups is 1. The van der Waals surface area contributed by atoms with Crippen molar-refractivity contribution in [2.45, 2.75) is 39.3 Å². The molecule has 1 aromatic carbocycles. The fourth-order valence-electron chi connectivity index (χ4n) is 2.98. The molecule has 0 unspecified atom stereocenters. The summed E-state index contributed by atoms with van der Waals surface area (Å²) in [7, 11) is 0. The Morgan fingerprint density at radius 2 is 2.00 bits per heavy atom. The molecule has 5 nitrogen and oxygen atoms in total. The second kappa shape index (κ2) is 8.27. The van der Waals surface area contributed by atoms with Crippen molar-refractivity contribution >= 4 is 27.5 Å². The maximum absolute atomic E-state index is 12.5. The number of thiophene rings is 1. The molecule has 3 rings (SSSR count). The summed E-state index contributed by atoms with van der Waals surface area (Å²) in [6, 6.07) is 11.8. The van der Waals surface area contributed by atoms with E-state index in [0.29, 0.717) is 17.8 Å². The SMILES string of the molecule is CC(C)C[C@@H](NC(=O)CCn1cnc2sccc2c1=O)c1ccccc1. The molecule has 26 heavy (non-hydrogen) atoms. The molecular formula is C20H23N3O2S. The zero-order valence-corrected chi connectivity index (χ0v) is 15.8. The Kier molecular flexibility index (Phi) is 5.83. The average Bonchev–Trinajstić information content (AvgIpc) is 3.10. The molecule has 0 saturated heterocycles. The van der Waals surface area contributed by atoms with E-state index in [4.69, 9.17) is 0 Å². The molecule has 0 aliphatic carbocycles. The minimum Gasteiger partial charge on any atom is -0.349 e. The fraction of sp³-hybridized carbons (Fsp3) is 0.350. The first-order chi connectivity index (χ1) is 12.5. The van der Waals surface area contributed by atoms with Gasteiger partial charge in [0.2, 0.25) is 5.91 Å². The monoisotopic (exact) mass is 369 g/mol. The standard InChI is InChI=1S/C20H23N3O2S/c1-14(2)12-17(15-6-4-3-5-7-15)22-18(24)8-10-23-13-21-19-16(20(23)25)9-11-26-19/h3-7,9,11,13-14,17H,8,10,12H2,1-2H3,(H,22,24)/t17-/m1/s1. The summed E-state index contributed by atoms with van der Waals surface area (Å²) in [5, 5.41) is 5.58. The number of rotatable bonds is 7. The van der Waals surface area contributed by atoms with Crippen LogP contribution in [0.1, 0.15) is 38.3 Å². The molecule has 0 aliphatic heterocycles. The number of amides is 1. The lowest BCUT2D eigenvalue weighted by atomic mass is 9.97. The van der Waals surface area contributed by atoms with E-state index in [2.05, 4.69) is 24.1 Å². The van der Waals surface area contributed by atoms with Gasteiger partial charge in [0.1, 0.15) is 4.83 Å². The van der Waals surface area contributed by atoms with Gasteiger partial charge in [-0.3, -0.25) is 14.2 Å². The van der Waals surface area contributed by atoms with Gasteiger partial charge in [-0.2, -0.15) is 0 Å². The second-order valence-electron chi connectivity index (χ2n) is 6.79. The quantitative estimate of drug-likeness (QED) is 0.690. The third-order valence-electron chi connectivity index (χ3n) is 4.27. The normalized spacial score (nSPS) is 12.4. The first-order valence-corrected chi connectivity index (χ1v) is 9.69. The highest BCUT2D eigenvalue weighted by molar-refractivity contribution is 7.16. The lowest BCUT2D eigenvalue weighted by molar-refractivity contribution is -0.122. The van der Waals surface area contributed by atoms with E-state index < -0.39 is 0 Å². The highest BCUT2D eigenvalue weighted by Crippen LogP contribution is 2.21. The van der Waals surface area contributed by atoms with Gasteiger partial charge >= 0.3 is 0 Å². The van der Waals surface area contributed by atoms with Crippen LogP contribution in [0.2, 0.25) is 0 Å². The third-order valence-corrected chi connectivity index (χ3v) is 5.10. The van der Waals surface area contributed by atoms with Crippen molar-refractivity contribution in [2.24, 2.45) is 5.92 Å². The van der Waals surface area contributed by atoms with Gasteiger partial charge < -0.3 is 5.32 Å². The van der Waals surface area contributed by atoms with Crippen LogP contribution in [0.3, 0.4) is 0 Å². The zero-order chi connectivity index (χ0) is 18.5. The van der Waals surface area contributed by atoms with Crippen LogP contribution in [0.5, 0.6) is 0 Å². The molecule has 1 amide bonds. The molecule has 1 N–H and O–H groups in total. The van der Waals surface area contributed by atoms with Crippen LogP contribution in [0.15, 0.2) is 52.9 Å². The van der Waals surface area contributed by atoms with Crippen molar-refractivity contribution in [3.05, 3.63) is 64.0 Å². The number of aromatic nitrogens is 2. The predicted molar refractivity (Wildman–Crippen MR) is 105 cm³/mol. The van der Waals surface area contributed by atoms with E-state index in [1.807, 2.05) is 35.7 Å². The molecule has 0 aliphatic rings. The van der Waals surface area contributed by atoms with Gasteiger partial charge in [0.25, 0.3) is 5.56 Å². The Morgan fingerprint density at radius 1 is 1.23 bits per heavy atom. The Hall–Kier alpha value is -2.47. The summed E-state index contributed by atoms with van der Waals surface area (Å²) in [6.07, 6.45) is 2.65. The van der Waals surface area contributed by atoms with E-state index >= 15 is 0 Å². The van der Waals surface area contributed by atoms with Crippen LogP contribution < -0.4 is 10.9 Å². The topological polar surface area (TPSA) is 64.0 Å². The van der Waals surface area contributed by atoms with Gasteiger partial charge in [0.15, 0.2) is 0 Å². The van der Waals surface area contributed by atoms with E-state index in [1.54, 1.807) is 6.07 Å². The second-order valence-corrected chi connectivity index (χ2v) is 7.69. The molecule has 0 bridgehead atoms. The third kappa shape index (κ3) is 4.38. The fourth-order valence-corrected chi connectivity index (χ4v) is 3.70.